The highest BCUT2D eigenvalue weighted by molar-refractivity contribution is 7.61. The van der Waals surface area contributed by atoms with Gasteiger partial charge in [0.15, 0.2) is 0 Å². The van der Waals surface area contributed by atoms with Crippen LogP contribution in [0.1, 0.15) is 5.56 Å². The molecule has 0 aliphatic rings. The molecule has 0 aromatic heterocycles. The molecule has 9 heteroatoms. The SMILES string of the molecule is C=COP(=O)(OCc1ccccc1)OP(=O)(O)O. The van der Waals surface area contributed by atoms with Gasteiger partial charge in [0.2, 0.25) is 0 Å². The molecule has 2 N–H and O–H groups in total. The second kappa shape index (κ2) is 6.29. The highest BCUT2D eigenvalue weighted by Crippen LogP contribution is 2.61. The number of rotatable bonds is 7. The van der Waals surface area contributed by atoms with E-state index in [0.29, 0.717) is 5.56 Å². The smallest absolute Gasteiger partial charge is 0.412 e. The summed E-state index contributed by atoms with van der Waals surface area (Å²) in [6.45, 7) is 2.93. The number of phosphoric ester groups is 1. The Morgan fingerprint density at radius 3 is 2.33 bits per heavy atom. The molecule has 0 heterocycles. The molecule has 1 aromatic rings. The Kier molecular flexibility index (Phi) is 5.28. The number of hydrogen-bond donors (Lipinski definition) is 2. The Bertz CT molecular complexity index is 481. The Hall–Kier alpha value is -0.940. The van der Waals surface area contributed by atoms with Crippen molar-refractivity contribution in [1.29, 1.82) is 0 Å². The van der Waals surface area contributed by atoms with Crippen LogP contribution in [-0.2, 0) is 29.1 Å². The minimum Gasteiger partial charge on any atom is -0.412 e. The van der Waals surface area contributed by atoms with Crippen LogP contribution in [0.15, 0.2) is 43.2 Å². The van der Waals surface area contributed by atoms with Gasteiger partial charge in [-0.1, -0.05) is 36.9 Å². The zero-order valence-electron chi connectivity index (χ0n) is 9.21. The standard InChI is InChI=1S/C9H12O7P2/c1-2-14-18(13,16-17(10,11)12)15-8-9-6-4-3-5-7-9/h2-7H,1,8H2,(H2,10,11,12). The highest BCUT2D eigenvalue weighted by atomic mass is 31.3. The summed E-state index contributed by atoms with van der Waals surface area (Å²) in [6, 6.07) is 8.57. The molecule has 1 aromatic carbocycles. The van der Waals surface area contributed by atoms with Gasteiger partial charge in [0.25, 0.3) is 0 Å². The van der Waals surface area contributed by atoms with Crippen molar-refractivity contribution in [2.45, 2.75) is 6.61 Å². The second-order valence-corrected chi connectivity index (χ2v) is 6.05. The second-order valence-electron chi connectivity index (χ2n) is 3.05. The van der Waals surface area contributed by atoms with E-state index in [4.69, 9.17) is 14.3 Å². The minimum atomic E-state index is -5.00. The highest BCUT2D eigenvalue weighted by Gasteiger charge is 2.36. The van der Waals surface area contributed by atoms with E-state index in [2.05, 4.69) is 15.4 Å². The van der Waals surface area contributed by atoms with Gasteiger partial charge in [0.05, 0.1) is 12.9 Å². The predicted octanol–water partition coefficient (Wildman–Crippen LogP) is 2.58. The van der Waals surface area contributed by atoms with E-state index in [-0.39, 0.29) is 6.61 Å². The van der Waals surface area contributed by atoms with E-state index in [9.17, 15) is 9.13 Å². The van der Waals surface area contributed by atoms with Gasteiger partial charge in [0.1, 0.15) is 0 Å². The topological polar surface area (TPSA) is 102 Å². The van der Waals surface area contributed by atoms with Gasteiger partial charge in [-0.05, 0) is 5.56 Å². The summed E-state index contributed by atoms with van der Waals surface area (Å²) < 4.78 is 35.6. The number of phosphoric acid groups is 2. The molecule has 0 radical (unpaired) electrons. The average molecular weight is 294 g/mol. The van der Waals surface area contributed by atoms with Crippen LogP contribution in [0, 0.1) is 0 Å². The maximum Gasteiger partial charge on any atom is 0.538 e. The number of benzene rings is 1. The lowest BCUT2D eigenvalue weighted by molar-refractivity contribution is 0.165. The van der Waals surface area contributed by atoms with Gasteiger partial charge in [-0.2, -0.15) is 4.31 Å². The lowest BCUT2D eigenvalue weighted by Gasteiger charge is -2.16. The van der Waals surface area contributed by atoms with Crippen molar-refractivity contribution >= 4 is 15.6 Å². The Balaban J connectivity index is 2.71. The lowest BCUT2D eigenvalue weighted by Crippen LogP contribution is -1.97. The first-order valence-electron chi connectivity index (χ1n) is 4.69. The summed E-state index contributed by atoms with van der Waals surface area (Å²) in [5.41, 5.74) is 0.639. The molecule has 0 aliphatic heterocycles. The van der Waals surface area contributed by atoms with Crippen LogP contribution < -0.4 is 0 Å². The largest absolute Gasteiger partial charge is 0.538 e. The van der Waals surface area contributed by atoms with Crippen LogP contribution in [0.25, 0.3) is 0 Å². The predicted molar refractivity (Wildman–Crippen MR) is 63.2 cm³/mol. The molecule has 1 atom stereocenters. The summed E-state index contributed by atoms with van der Waals surface area (Å²) in [4.78, 5) is 17.2. The molecule has 0 spiro atoms. The fraction of sp³-hybridized carbons (Fsp3) is 0.111. The van der Waals surface area contributed by atoms with Gasteiger partial charge < -0.3 is 14.3 Å². The Labute approximate surface area is 104 Å². The summed E-state index contributed by atoms with van der Waals surface area (Å²) in [5, 5.41) is 0. The summed E-state index contributed by atoms with van der Waals surface area (Å²) >= 11 is 0. The van der Waals surface area contributed by atoms with Crippen molar-refractivity contribution in [3.05, 3.63) is 48.7 Å². The monoisotopic (exact) mass is 294 g/mol. The van der Waals surface area contributed by atoms with Crippen LogP contribution in [0.2, 0.25) is 0 Å². The van der Waals surface area contributed by atoms with E-state index in [1.54, 1.807) is 30.3 Å². The van der Waals surface area contributed by atoms with Gasteiger partial charge >= 0.3 is 15.6 Å². The van der Waals surface area contributed by atoms with Crippen LogP contribution >= 0.6 is 15.6 Å². The molecule has 0 bridgehead atoms. The van der Waals surface area contributed by atoms with E-state index in [1.807, 2.05) is 0 Å². The van der Waals surface area contributed by atoms with Crippen LogP contribution in [0.5, 0.6) is 0 Å². The first-order valence-corrected chi connectivity index (χ1v) is 7.68. The molecule has 0 saturated heterocycles. The molecular formula is C9H12O7P2. The van der Waals surface area contributed by atoms with Crippen molar-refractivity contribution in [3.8, 4) is 0 Å². The van der Waals surface area contributed by atoms with E-state index >= 15 is 0 Å². The van der Waals surface area contributed by atoms with E-state index in [0.717, 1.165) is 6.26 Å². The molecule has 0 saturated carbocycles. The van der Waals surface area contributed by atoms with Gasteiger partial charge in [-0.15, -0.1) is 0 Å². The summed E-state index contributed by atoms with van der Waals surface area (Å²) in [6.07, 6.45) is 0.724. The van der Waals surface area contributed by atoms with Crippen LogP contribution in [-0.4, -0.2) is 9.79 Å². The van der Waals surface area contributed by atoms with Crippen molar-refractivity contribution in [3.63, 3.8) is 0 Å². The number of hydrogen-bond acceptors (Lipinski definition) is 5. The third kappa shape index (κ3) is 5.60. The van der Waals surface area contributed by atoms with Crippen molar-refractivity contribution in [1.82, 2.24) is 0 Å². The van der Waals surface area contributed by atoms with Gasteiger partial charge in [0, 0.05) is 0 Å². The van der Waals surface area contributed by atoms with Crippen molar-refractivity contribution in [2.24, 2.45) is 0 Å². The Morgan fingerprint density at radius 1 is 1.22 bits per heavy atom. The molecule has 0 aliphatic carbocycles. The molecule has 7 nitrogen and oxygen atoms in total. The van der Waals surface area contributed by atoms with Crippen LogP contribution in [0.4, 0.5) is 0 Å². The molecule has 0 amide bonds. The third-order valence-corrected chi connectivity index (χ3v) is 4.15. The third-order valence-electron chi connectivity index (χ3n) is 1.64. The zero-order chi connectivity index (χ0) is 13.6. The fourth-order valence-corrected chi connectivity index (χ4v) is 2.96. The molecule has 100 valence electrons. The molecule has 18 heavy (non-hydrogen) atoms. The zero-order valence-corrected chi connectivity index (χ0v) is 11.0. The summed E-state index contributed by atoms with van der Waals surface area (Å²) in [5.74, 6) is 0. The molecule has 0 fully saturated rings. The normalized spacial score (nSPS) is 14.8. The Morgan fingerprint density at radius 2 is 1.83 bits per heavy atom. The van der Waals surface area contributed by atoms with Crippen LogP contribution in [0.3, 0.4) is 0 Å². The quantitative estimate of drug-likeness (QED) is 0.588. The van der Waals surface area contributed by atoms with E-state index in [1.165, 1.54) is 0 Å². The summed E-state index contributed by atoms with van der Waals surface area (Å²) in [7, 11) is -9.39. The maximum absolute atomic E-state index is 11.8. The van der Waals surface area contributed by atoms with E-state index < -0.39 is 15.6 Å². The van der Waals surface area contributed by atoms with Crippen molar-refractivity contribution < 1.29 is 32.3 Å². The molecule has 1 rings (SSSR count). The molecule has 1 unspecified atom stereocenters. The molecular weight excluding hydrogens is 282 g/mol. The first kappa shape index (κ1) is 15.1. The maximum atomic E-state index is 11.8. The fourth-order valence-electron chi connectivity index (χ4n) is 1.02. The minimum absolute atomic E-state index is 0.189. The average Bonchev–Trinajstić information content (AvgIpc) is 2.26. The first-order chi connectivity index (χ1) is 8.35. The van der Waals surface area contributed by atoms with Gasteiger partial charge in [-0.3, -0.25) is 4.52 Å². The van der Waals surface area contributed by atoms with Crippen molar-refractivity contribution in [2.75, 3.05) is 0 Å². The lowest BCUT2D eigenvalue weighted by atomic mass is 10.2. The van der Waals surface area contributed by atoms with Gasteiger partial charge in [-0.25, -0.2) is 9.13 Å².